The molecule has 1 heterocycles. The van der Waals surface area contributed by atoms with Crippen LogP contribution in [0.2, 0.25) is 0 Å². The summed E-state index contributed by atoms with van der Waals surface area (Å²) >= 11 is 0. The number of carbonyl (C=O) groups is 2. The molecule has 0 radical (unpaired) electrons. The summed E-state index contributed by atoms with van der Waals surface area (Å²) in [4.78, 5) is 22.1. The average molecular weight is 227 g/mol. The average Bonchev–Trinajstić information content (AvgIpc) is 2.66. The predicted octanol–water partition coefficient (Wildman–Crippen LogP) is 0.742. The van der Waals surface area contributed by atoms with Crippen LogP contribution in [0.25, 0.3) is 0 Å². The van der Waals surface area contributed by atoms with Gasteiger partial charge in [-0.3, -0.25) is 4.79 Å². The molecule has 0 fully saturated rings. The van der Waals surface area contributed by atoms with E-state index in [9.17, 15) is 9.59 Å². The molecule has 1 aromatic rings. The molecule has 0 bridgehead atoms. The highest BCUT2D eigenvalue weighted by molar-refractivity contribution is 5.95. The molecule has 0 aliphatic heterocycles. The molecular weight excluding hydrogens is 214 g/mol. The minimum atomic E-state index is -1.13. The zero-order chi connectivity index (χ0) is 12.1. The van der Waals surface area contributed by atoms with Crippen LogP contribution in [0.4, 0.5) is 0 Å². The van der Waals surface area contributed by atoms with Crippen molar-refractivity contribution in [2.24, 2.45) is 0 Å². The maximum Gasteiger partial charge on any atom is 0.338 e. The van der Waals surface area contributed by atoms with Gasteiger partial charge in [-0.1, -0.05) is 0 Å². The van der Waals surface area contributed by atoms with Gasteiger partial charge in [-0.2, -0.15) is 0 Å². The first-order valence-electron chi connectivity index (χ1n) is 4.66. The van der Waals surface area contributed by atoms with E-state index in [1.807, 2.05) is 0 Å². The van der Waals surface area contributed by atoms with Gasteiger partial charge in [0.05, 0.1) is 12.2 Å². The Bertz CT molecular complexity index is 384. The van der Waals surface area contributed by atoms with Crippen LogP contribution in [-0.4, -0.2) is 36.7 Å². The lowest BCUT2D eigenvalue weighted by molar-refractivity contribution is 0.0695. The predicted molar refractivity (Wildman–Crippen MR) is 54.5 cm³/mol. The molecular formula is C10H13NO5. The Labute approximate surface area is 92.2 Å². The molecule has 1 aromatic heterocycles. The van der Waals surface area contributed by atoms with E-state index >= 15 is 0 Å². The molecule has 1 rings (SSSR count). The fourth-order valence-electron chi connectivity index (χ4n) is 1.15. The lowest BCUT2D eigenvalue weighted by Crippen LogP contribution is -2.35. The van der Waals surface area contributed by atoms with Crippen molar-refractivity contribution in [2.45, 2.75) is 13.0 Å². The number of nitrogens with one attached hydrogen (secondary N) is 1. The number of rotatable bonds is 5. The first-order valence-corrected chi connectivity index (χ1v) is 4.66. The Balaban J connectivity index is 2.62. The van der Waals surface area contributed by atoms with Crippen LogP contribution in [-0.2, 0) is 4.74 Å². The van der Waals surface area contributed by atoms with Gasteiger partial charge < -0.3 is 19.6 Å². The quantitative estimate of drug-likeness (QED) is 0.774. The highest BCUT2D eigenvalue weighted by Crippen LogP contribution is 2.07. The van der Waals surface area contributed by atoms with E-state index in [-0.39, 0.29) is 17.4 Å². The number of hydrogen-bond donors (Lipinski definition) is 2. The number of aromatic carboxylic acids is 1. The maximum absolute atomic E-state index is 11.5. The van der Waals surface area contributed by atoms with Crippen LogP contribution in [0.1, 0.15) is 27.8 Å². The largest absolute Gasteiger partial charge is 0.478 e. The van der Waals surface area contributed by atoms with Crippen molar-refractivity contribution in [2.75, 3.05) is 13.7 Å². The topological polar surface area (TPSA) is 88.8 Å². The zero-order valence-electron chi connectivity index (χ0n) is 9.02. The molecule has 0 aliphatic rings. The number of carbonyl (C=O) groups excluding carboxylic acids is 1. The number of furan rings is 1. The number of carboxylic acids is 1. The van der Waals surface area contributed by atoms with Gasteiger partial charge in [0.25, 0.3) is 5.91 Å². The number of ether oxygens (including phenoxy) is 1. The van der Waals surface area contributed by atoms with Crippen molar-refractivity contribution in [3.05, 3.63) is 23.7 Å². The fraction of sp³-hybridized carbons (Fsp3) is 0.400. The maximum atomic E-state index is 11.5. The van der Waals surface area contributed by atoms with Gasteiger partial charge in [0.15, 0.2) is 5.76 Å². The first kappa shape index (κ1) is 12.3. The standard InChI is InChI=1S/C10H13NO5/c1-6(4-15-2)11-9(12)8-3-7(5-16-8)10(13)14/h3,5-6H,4H2,1-2H3,(H,11,12)(H,13,14). The second-order valence-corrected chi connectivity index (χ2v) is 3.33. The van der Waals surface area contributed by atoms with Gasteiger partial charge >= 0.3 is 5.97 Å². The molecule has 6 heteroatoms. The smallest absolute Gasteiger partial charge is 0.338 e. The molecule has 2 N–H and O–H groups in total. The highest BCUT2D eigenvalue weighted by atomic mass is 16.5. The number of hydrogen-bond acceptors (Lipinski definition) is 4. The Morgan fingerprint density at radius 1 is 1.62 bits per heavy atom. The summed E-state index contributed by atoms with van der Waals surface area (Å²) in [6.45, 7) is 2.14. The van der Waals surface area contributed by atoms with Crippen molar-refractivity contribution in [1.82, 2.24) is 5.32 Å². The second kappa shape index (κ2) is 5.32. The molecule has 1 atom stereocenters. The summed E-state index contributed by atoms with van der Waals surface area (Å²) < 4.78 is 9.68. The lowest BCUT2D eigenvalue weighted by Gasteiger charge is -2.10. The van der Waals surface area contributed by atoms with Gasteiger partial charge in [-0.25, -0.2) is 4.79 Å². The Morgan fingerprint density at radius 3 is 2.81 bits per heavy atom. The third kappa shape index (κ3) is 3.09. The normalized spacial score (nSPS) is 12.1. The Kier molecular flexibility index (Phi) is 4.07. The van der Waals surface area contributed by atoms with Crippen LogP contribution >= 0.6 is 0 Å². The van der Waals surface area contributed by atoms with Crippen molar-refractivity contribution in [1.29, 1.82) is 0 Å². The summed E-state index contributed by atoms with van der Waals surface area (Å²) in [5, 5.41) is 11.2. The minimum Gasteiger partial charge on any atom is -0.478 e. The van der Waals surface area contributed by atoms with Crippen LogP contribution in [0, 0.1) is 0 Å². The van der Waals surface area contributed by atoms with Crippen LogP contribution < -0.4 is 5.32 Å². The van der Waals surface area contributed by atoms with Crippen LogP contribution in [0.3, 0.4) is 0 Å². The van der Waals surface area contributed by atoms with Gasteiger partial charge in [0.1, 0.15) is 6.26 Å². The van der Waals surface area contributed by atoms with E-state index in [1.54, 1.807) is 6.92 Å². The third-order valence-electron chi connectivity index (χ3n) is 1.86. The molecule has 1 unspecified atom stereocenters. The first-order chi connectivity index (χ1) is 7.54. The second-order valence-electron chi connectivity index (χ2n) is 3.33. The summed E-state index contributed by atoms with van der Waals surface area (Å²) in [5.74, 6) is -1.62. The van der Waals surface area contributed by atoms with Crippen molar-refractivity contribution in [3.8, 4) is 0 Å². The van der Waals surface area contributed by atoms with E-state index in [2.05, 4.69) is 5.32 Å². The highest BCUT2D eigenvalue weighted by Gasteiger charge is 2.16. The Morgan fingerprint density at radius 2 is 2.31 bits per heavy atom. The summed E-state index contributed by atoms with van der Waals surface area (Å²) in [5.41, 5.74) is -0.0513. The van der Waals surface area contributed by atoms with Gasteiger partial charge in [0.2, 0.25) is 0 Å². The number of methoxy groups -OCH3 is 1. The van der Waals surface area contributed by atoms with Crippen LogP contribution in [0.5, 0.6) is 0 Å². The molecule has 1 amide bonds. The molecule has 0 saturated heterocycles. The molecule has 0 aliphatic carbocycles. The summed E-state index contributed by atoms with van der Waals surface area (Å²) in [7, 11) is 1.53. The van der Waals surface area contributed by atoms with E-state index in [0.717, 1.165) is 6.26 Å². The number of carboxylic acid groups (broad SMARTS) is 1. The Hall–Kier alpha value is -1.82. The van der Waals surface area contributed by atoms with Crippen LogP contribution in [0.15, 0.2) is 16.7 Å². The van der Waals surface area contributed by atoms with Crippen molar-refractivity contribution < 1.29 is 23.8 Å². The molecule has 6 nitrogen and oxygen atoms in total. The fourth-order valence-corrected chi connectivity index (χ4v) is 1.15. The summed E-state index contributed by atoms with van der Waals surface area (Å²) in [6, 6.07) is 1.01. The van der Waals surface area contributed by atoms with E-state index in [1.165, 1.54) is 13.2 Å². The van der Waals surface area contributed by atoms with E-state index < -0.39 is 11.9 Å². The SMILES string of the molecule is COCC(C)NC(=O)c1cc(C(=O)O)co1. The third-order valence-corrected chi connectivity index (χ3v) is 1.86. The van der Waals surface area contributed by atoms with E-state index in [0.29, 0.717) is 6.61 Å². The lowest BCUT2D eigenvalue weighted by atomic mass is 10.3. The molecule has 0 saturated carbocycles. The monoisotopic (exact) mass is 227 g/mol. The van der Waals surface area contributed by atoms with E-state index in [4.69, 9.17) is 14.3 Å². The van der Waals surface area contributed by atoms with Gasteiger partial charge in [0, 0.05) is 19.2 Å². The van der Waals surface area contributed by atoms with Crippen molar-refractivity contribution >= 4 is 11.9 Å². The molecule has 0 spiro atoms. The molecule has 88 valence electrons. The van der Waals surface area contributed by atoms with Gasteiger partial charge in [-0.15, -0.1) is 0 Å². The molecule has 0 aromatic carbocycles. The minimum absolute atomic E-state index is 0.0275. The van der Waals surface area contributed by atoms with Crippen molar-refractivity contribution in [3.63, 3.8) is 0 Å². The zero-order valence-corrected chi connectivity index (χ0v) is 9.02. The number of amides is 1. The van der Waals surface area contributed by atoms with Gasteiger partial charge in [-0.05, 0) is 6.92 Å². The summed E-state index contributed by atoms with van der Waals surface area (Å²) in [6.07, 6.45) is 1.03. The molecule has 16 heavy (non-hydrogen) atoms.